The molecule has 1 amide bonds. The predicted molar refractivity (Wildman–Crippen MR) is 165 cm³/mol. The molecule has 1 aliphatic rings. The van der Waals surface area contributed by atoms with Gasteiger partial charge in [-0.15, -0.1) is 11.8 Å². The predicted octanol–water partition coefficient (Wildman–Crippen LogP) is 5.98. The van der Waals surface area contributed by atoms with Gasteiger partial charge < -0.3 is 15.2 Å². The number of likely N-dealkylation sites (tertiary alicyclic amines) is 1. The number of hydrogen-bond acceptors (Lipinski definition) is 6. The van der Waals surface area contributed by atoms with Crippen LogP contribution in [0.15, 0.2) is 77.7 Å². The van der Waals surface area contributed by atoms with Gasteiger partial charge in [-0.1, -0.05) is 48.5 Å². The number of aliphatic carboxylic acids is 1. The zero-order valence-electron chi connectivity index (χ0n) is 23.3. The number of benzene rings is 3. The highest BCUT2D eigenvalue weighted by atomic mass is 32.2. The van der Waals surface area contributed by atoms with Crippen molar-refractivity contribution in [2.24, 2.45) is 0 Å². The van der Waals surface area contributed by atoms with Crippen molar-refractivity contribution < 1.29 is 19.4 Å². The number of amides is 1. The van der Waals surface area contributed by atoms with E-state index in [4.69, 9.17) is 4.74 Å². The highest BCUT2D eigenvalue weighted by molar-refractivity contribution is 8.00. The van der Waals surface area contributed by atoms with Crippen LogP contribution in [0.2, 0.25) is 0 Å². The molecule has 3 aromatic rings. The summed E-state index contributed by atoms with van der Waals surface area (Å²) in [4.78, 5) is 29.0. The third kappa shape index (κ3) is 7.91. The maximum Gasteiger partial charge on any atom is 0.326 e. The summed E-state index contributed by atoms with van der Waals surface area (Å²) in [5.74, 6) is -0.725. The third-order valence-corrected chi connectivity index (χ3v) is 9.12. The van der Waals surface area contributed by atoms with Gasteiger partial charge in [0.15, 0.2) is 0 Å². The number of carbonyl (C=O) groups is 2. The van der Waals surface area contributed by atoms with Crippen LogP contribution in [0.3, 0.4) is 0 Å². The summed E-state index contributed by atoms with van der Waals surface area (Å²) in [5.41, 5.74) is 4.44. The van der Waals surface area contributed by atoms with Gasteiger partial charge in [0.05, 0.1) is 6.61 Å². The quantitative estimate of drug-likeness (QED) is 0.258. The van der Waals surface area contributed by atoms with Crippen molar-refractivity contribution in [2.75, 3.05) is 32.3 Å². The van der Waals surface area contributed by atoms with Crippen LogP contribution in [0.4, 0.5) is 0 Å². The molecule has 3 atom stereocenters. The number of nitrogens with zero attached hydrogens (tertiary/aromatic N) is 1. The lowest BCUT2D eigenvalue weighted by Gasteiger charge is -2.24. The lowest BCUT2D eigenvalue weighted by atomic mass is 9.93. The molecular weight excluding hydrogens is 540 g/mol. The zero-order chi connectivity index (χ0) is 28.5. The van der Waals surface area contributed by atoms with E-state index < -0.39 is 12.0 Å². The summed E-state index contributed by atoms with van der Waals surface area (Å²) in [7, 11) is 1.75. The average Bonchev–Trinajstić information content (AvgIpc) is 3.31. The van der Waals surface area contributed by atoms with E-state index >= 15 is 0 Å². The molecule has 8 heteroatoms. The maximum atomic E-state index is 13.4. The standard InChI is InChI=1S/C32H38N2O4S2/c1-22-9-7-8-12-27(22)29-17-23(13-14-28(29)31(35)33-30(32(36)37)15-16-39-3)19-34-20-26(18-24(34)21-38-2)40-25-10-5-4-6-11-25/h4-14,17,24,26,30H,15-16,18-21H2,1-3H3,(H,33,35)(H,36,37)/t24-,26?,30?/m0/s1. The van der Waals surface area contributed by atoms with Crippen molar-refractivity contribution in [2.45, 2.75) is 48.5 Å². The molecule has 0 aromatic heterocycles. The molecule has 212 valence electrons. The molecule has 4 rings (SSSR count). The van der Waals surface area contributed by atoms with Crippen molar-refractivity contribution in [3.05, 3.63) is 89.5 Å². The Bertz CT molecular complexity index is 1290. The highest BCUT2D eigenvalue weighted by Gasteiger charge is 2.33. The number of methoxy groups -OCH3 is 1. The van der Waals surface area contributed by atoms with Gasteiger partial charge in [0.2, 0.25) is 0 Å². The third-order valence-electron chi connectivity index (χ3n) is 7.26. The summed E-state index contributed by atoms with van der Waals surface area (Å²) in [6, 6.07) is 23.8. The van der Waals surface area contributed by atoms with E-state index in [-0.39, 0.29) is 5.91 Å². The number of nitrogens with one attached hydrogen (secondary N) is 1. The second kappa shape index (κ2) is 14.7. The average molecular weight is 579 g/mol. The van der Waals surface area contributed by atoms with E-state index in [2.05, 4.69) is 40.5 Å². The minimum atomic E-state index is -1.02. The van der Waals surface area contributed by atoms with E-state index in [0.717, 1.165) is 41.8 Å². The molecule has 40 heavy (non-hydrogen) atoms. The monoisotopic (exact) mass is 578 g/mol. The summed E-state index contributed by atoms with van der Waals surface area (Å²) in [5, 5.41) is 12.9. The topological polar surface area (TPSA) is 78.9 Å². The lowest BCUT2D eigenvalue weighted by Crippen LogP contribution is -2.41. The SMILES string of the molecule is COC[C@@H]1CC(Sc2ccccc2)CN1Cc1ccc(C(=O)NC(CCSC)C(=O)O)c(-c2ccccc2C)c1. The van der Waals surface area contributed by atoms with Crippen molar-refractivity contribution in [3.63, 3.8) is 0 Å². The molecular formula is C32H38N2O4S2. The van der Waals surface area contributed by atoms with E-state index in [1.54, 1.807) is 18.9 Å². The maximum absolute atomic E-state index is 13.4. The first-order valence-electron chi connectivity index (χ1n) is 13.6. The number of hydrogen-bond donors (Lipinski definition) is 2. The molecule has 0 spiro atoms. The van der Waals surface area contributed by atoms with Crippen LogP contribution in [-0.4, -0.2) is 71.5 Å². The number of ether oxygens (including phenoxy) is 1. The Labute approximate surface area is 245 Å². The molecule has 2 N–H and O–H groups in total. The summed E-state index contributed by atoms with van der Waals surface area (Å²) in [6.07, 6.45) is 3.35. The summed E-state index contributed by atoms with van der Waals surface area (Å²) < 4.78 is 5.58. The Morgan fingerprint density at radius 2 is 1.82 bits per heavy atom. The number of thioether (sulfide) groups is 2. The van der Waals surface area contributed by atoms with Gasteiger partial charge in [-0.3, -0.25) is 9.69 Å². The van der Waals surface area contributed by atoms with Crippen LogP contribution >= 0.6 is 23.5 Å². The van der Waals surface area contributed by atoms with Crippen molar-refractivity contribution in [1.82, 2.24) is 10.2 Å². The zero-order valence-corrected chi connectivity index (χ0v) is 25.0. The van der Waals surface area contributed by atoms with Crippen LogP contribution in [-0.2, 0) is 16.1 Å². The molecule has 0 aliphatic carbocycles. The van der Waals surface area contributed by atoms with E-state index in [1.807, 2.05) is 67.4 Å². The second-order valence-electron chi connectivity index (χ2n) is 10.2. The number of aryl methyl sites for hydroxylation is 1. The highest BCUT2D eigenvalue weighted by Crippen LogP contribution is 2.35. The molecule has 1 fully saturated rings. The molecule has 0 saturated carbocycles. The Kier molecular flexibility index (Phi) is 11.1. The number of carboxylic acid groups (broad SMARTS) is 1. The lowest BCUT2D eigenvalue weighted by molar-refractivity contribution is -0.139. The van der Waals surface area contributed by atoms with Gasteiger partial charge in [0.1, 0.15) is 6.04 Å². The fourth-order valence-corrected chi connectivity index (χ4v) is 6.98. The van der Waals surface area contributed by atoms with Crippen LogP contribution in [0, 0.1) is 6.92 Å². The Morgan fingerprint density at radius 3 is 2.52 bits per heavy atom. The first kappa shape index (κ1) is 30.2. The second-order valence-corrected chi connectivity index (χ2v) is 12.5. The molecule has 0 bridgehead atoms. The minimum Gasteiger partial charge on any atom is -0.480 e. The van der Waals surface area contributed by atoms with Crippen LogP contribution in [0.5, 0.6) is 0 Å². The fourth-order valence-electron chi connectivity index (χ4n) is 5.22. The van der Waals surface area contributed by atoms with Crippen molar-refractivity contribution in [3.8, 4) is 11.1 Å². The Morgan fingerprint density at radius 1 is 1.07 bits per heavy atom. The molecule has 2 unspecified atom stereocenters. The molecule has 3 aromatic carbocycles. The van der Waals surface area contributed by atoms with Gasteiger partial charge >= 0.3 is 5.97 Å². The van der Waals surface area contributed by atoms with Gasteiger partial charge in [-0.05, 0) is 78.3 Å². The smallest absolute Gasteiger partial charge is 0.326 e. The number of carbonyl (C=O) groups excluding carboxylic acids is 1. The molecule has 1 aliphatic heterocycles. The number of carboxylic acids is 1. The normalized spacial score (nSPS) is 18.0. The van der Waals surface area contributed by atoms with Crippen LogP contribution < -0.4 is 5.32 Å². The Hall–Kier alpha value is -2.78. The summed E-state index contributed by atoms with van der Waals surface area (Å²) >= 11 is 3.48. The van der Waals surface area contributed by atoms with Crippen molar-refractivity contribution >= 4 is 35.4 Å². The Balaban J connectivity index is 1.59. The first-order chi connectivity index (χ1) is 19.4. The molecule has 0 radical (unpaired) electrons. The van der Waals surface area contributed by atoms with E-state index in [1.165, 1.54) is 4.90 Å². The van der Waals surface area contributed by atoms with Gasteiger partial charge in [-0.2, -0.15) is 11.8 Å². The number of rotatable bonds is 13. The van der Waals surface area contributed by atoms with E-state index in [9.17, 15) is 14.7 Å². The van der Waals surface area contributed by atoms with Gasteiger partial charge in [0, 0.05) is 42.0 Å². The molecule has 6 nitrogen and oxygen atoms in total. The van der Waals surface area contributed by atoms with Gasteiger partial charge in [-0.25, -0.2) is 4.79 Å². The minimum absolute atomic E-state index is 0.309. The molecule has 1 saturated heterocycles. The summed E-state index contributed by atoms with van der Waals surface area (Å²) in [6.45, 7) is 4.39. The first-order valence-corrected chi connectivity index (χ1v) is 15.8. The van der Waals surface area contributed by atoms with Gasteiger partial charge in [0.25, 0.3) is 5.91 Å². The van der Waals surface area contributed by atoms with Crippen LogP contribution in [0.25, 0.3) is 11.1 Å². The fraction of sp³-hybridized carbons (Fsp3) is 0.375. The van der Waals surface area contributed by atoms with Crippen LogP contribution in [0.1, 0.15) is 34.3 Å². The van der Waals surface area contributed by atoms with E-state index in [0.29, 0.717) is 35.6 Å². The van der Waals surface area contributed by atoms with Crippen molar-refractivity contribution in [1.29, 1.82) is 0 Å². The molecule has 1 heterocycles. The largest absolute Gasteiger partial charge is 0.480 e.